The van der Waals surface area contributed by atoms with Gasteiger partial charge in [-0.15, -0.1) is 0 Å². The number of ether oxygens (including phenoxy) is 1. The van der Waals surface area contributed by atoms with E-state index in [1.54, 1.807) is 29.2 Å². The van der Waals surface area contributed by atoms with Crippen LogP contribution in [-0.4, -0.2) is 48.3 Å². The summed E-state index contributed by atoms with van der Waals surface area (Å²) in [5.41, 5.74) is 0.467. The topological polar surface area (TPSA) is 49.8 Å². The predicted molar refractivity (Wildman–Crippen MR) is 64.2 cm³/mol. The summed E-state index contributed by atoms with van der Waals surface area (Å²) in [6, 6.07) is 6.64. The lowest BCUT2D eigenvalue weighted by atomic mass is 10.1. The molecule has 1 atom stereocenters. The van der Waals surface area contributed by atoms with Gasteiger partial charge in [0.05, 0.1) is 36.4 Å². The molecule has 1 heterocycles. The van der Waals surface area contributed by atoms with Crippen LogP contribution in [0.4, 0.5) is 0 Å². The normalized spacial score (nSPS) is 20.4. The number of nitrogens with zero attached hydrogens (tertiary/aromatic N) is 1. The second-order valence-corrected chi connectivity index (χ2v) is 4.30. The van der Waals surface area contributed by atoms with Gasteiger partial charge in [0.2, 0.25) is 0 Å². The molecule has 2 rings (SSSR count). The molecule has 1 amide bonds. The zero-order valence-electron chi connectivity index (χ0n) is 9.30. The summed E-state index contributed by atoms with van der Waals surface area (Å²) in [4.78, 5) is 13.9. The molecule has 1 aliphatic rings. The van der Waals surface area contributed by atoms with Gasteiger partial charge in [0.15, 0.2) is 0 Å². The molecule has 4 nitrogen and oxygen atoms in total. The Hall–Kier alpha value is -1.10. The first-order valence-electron chi connectivity index (χ1n) is 5.48. The van der Waals surface area contributed by atoms with Crippen molar-refractivity contribution in [2.24, 2.45) is 0 Å². The van der Waals surface area contributed by atoms with Gasteiger partial charge in [0.1, 0.15) is 0 Å². The SMILES string of the molecule is O=C(c1ccccc1Cl)N1CCOCC1CO. The third-order valence-electron chi connectivity index (χ3n) is 2.80. The average molecular weight is 256 g/mol. The molecule has 1 aromatic rings. The predicted octanol–water partition coefficient (Wildman–Crippen LogP) is 1.17. The third kappa shape index (κ3) is 2.60. The Morgan fingerprint density at radius 2 is 2.29 bits per heavy atom. The molecule has 1 fully saturated rings. The van der Waals surface area contributed by atoms with E-state index in [2.05, 4.69) is 0 Å². The van der Waals surface area contributed by atoms with Gasteiger partial charge in [-0.1, -0.05) is 23.7 Å². The molecule has 1 unspecified atom stereocenters. The van der Waals surface area contributed by atoms with E-state index in [0.717, 1.165) is 0 Å². The maximum Gasteiger partial charge on any atom is 0.255 e. The van der Waals surface area contributed by atoms with Crippen LogP contribution in [0.15, 0.2) is 24.3 Å². The monoisotopic (exact) mass is 255 g/mol. The summed E-state index contributed by atoms with van der Waals surface area (Å²) >= 11 is 5.99. The number of carbonyl (C=O) groups is 1. The zero-order chi connectivity index (χ0) is 12.3. The number of amides is 1. The highest BCUT2D eigenvalue weighted by Gasteiger charge is 2.28. The molecule has 1 N–H and O–H groups in total. The summed E-state index contributed by atoms with van der Waals surface area (Å²) < 4.78 is 5.23. The Kier molecular flexibility index (Phi) is 3.99. The van der Waals surface area contributed by atoms with Crippen molar-refractivity contribution in [3.8, 4) is 0 Å². The highest BCUT2D eigenvalue weighted by molar-refractivity contribution is 6.33. The van der Waals surface area contributed by atoms with Crippen LogP contribution >= 0.6 is 11.6 Å². The standard InChI is InChI=1S/C12H14ClNO3/c13-11-4-2-1-3-10(11)12(16)14-5-6-17-8-9(14)7-15/h1-4,9,15H,5-8H2. The fourth-order valence-electron chi connectivity index (χ4n) is 1.86. The van der Waals surface area contributed by atoms with Crippen LogP contribution in [0.5, 0.6) is 0 Å². The van der Waals surface area contributed by atoms with Crippen molar-refractivity contribution in [2.45, 2.75) is 6.04 Å². The Morgan fingerprint density at radius 1 is 1.53 bits per heavy atom. The van der Waals surface area contributed by atoms with Gasteiger partial charge >= 0.3 is 0 Å². The van der Waals surface area contributed by atoms with Crippen LogP contribution in [0.25, 0.3) is 0 Å². The first-order chi connectivity index (χ1) is 8.24. The summed E-state index contributed by atoms with van der Waals surface area (Å²) in [7, 11) is 0. The molecular formula is C12H14ClNO3. The molecule has 0 aromatic heterocycles. The molecule has 1 aromatic carbocycles. The number of halogens is 1. The van der Waals surface area contributed by atoms with Gasteiger partial charge in [-0.25, -0.2) is 0 Å². The Balaban J connectivity index is 2.21. The van der Waals surface area contributed by atoms with E-state index in [9.17, 15) is 9.90 Å². The van der Waals surface area contributed by atoms with Gasteiger partial charge in [0, 0.05) is 6.54 Å². The number of benzene rings is 1. The van der Waals surface area contributed by atoms with Crippen LogP contribution in [0.2, 0.25) is 5.02 Å². The molecule has 1 aliphatic heterocycles. The summed E-state index contributed by atoms with van der Waals surface area (Å²) in [6.07, 6.45) is 0. The molecule has 0 aliphatic carbocycles. The van der Waals surface area contributed by atoms with E-state index in [4.69, 9.17) is 16.3 Å². The molecule has 17 heavy (non-hydrogen) atoms. The fraction of sp³-hybridized carbons (Fsp3) is 0.417. The van der Waals surface area contributed by atoms with Crippen molar-refractivity contribution in [1.29, 1.82) is 0 Å². The average Bonchev–Trinajstić information content (AvgIpc) is 2.38. The summed E-state index contributed by atoms with van der Waals surface area (Å²) in [5.74, 6) is -0.155. The lowest BCUT2D eigenvalue weighted by molar-refractivity contribution is -0.0183. The van der Waals surface area contributed by atoms with Gasteiger partial charge in [-0.05, 0) is 12.1 Å². The van der Waals surface area contributed by atoms with Crippen LogP contribution < -0.4 is 0 Å². The molecule has 5 heteroatoms. The minimum Gasteiger partial charge on any atom is -0.394 e. The molecular weight excluding hydrogens is 242 g/mol. The van der Waals surface area contributed by atoms with Crippen molar-refractivity contribution >= 4 is 17.5 Å². The van der Waals surface area contributed by atoms with Crippen molar-refractivity contribution in [3.05, 3.63) is 34.9 Å². The number of morpholine rings is 1. The molecule has 0 radical (unpaired) electrons. The highest BCUT2D eigenvalue weighted by atomic mass is 35.5. The summed E-state index contributed by atoms with van der Waals surface area (Å²) in [5, 5.41) is 9.65. The van der Waals surface area contributed by atoms with E-state index >= 15 is 0 Å². The molecule has 92 valence electrons. The number of rotatable bonds is 2. The van der Waals surface area contributed by atoms with Crippen LogP contribution in [0.3, 0.4) is 0 Å². The van der Waals surface area contributed by atoms with E-state index in [1.807, 2.05) is 0 Å². The first-order valence-corrected chi connectivity index (χ1v) is 5.86. The molecule has 0 saturated carbocycles. The van der Waals surface area contributed by atoms with Crippen molar-refractivity contribution in [2.75, 3.05) is 26.4 Å². The van der Waals surface area contributed by atoms with E-state index in [-0.39, 0.29) is 18.6 Å². The first kappa shape index (κ1) is 12.4. The van der Waals surface area contributed by atoms with Crippen molar-refractivity contribution < 1.29 is 14.6 Å². The zero-order valence-corrected chi connectivity index (χ0v) is 10.1. The van der Waals surface area contributed by atoms with Crippen LogP contribution in [-0.2, 0) is 4.74 Å². The van der Waals surface area contributed by atoms with Gasteiger partial charge in [-0.3, -0.25) is 4.79 Å². The Morgan fingerprint density at radius 3 is 3.00 bits per heavy atom. The second kappa shape index (κ2) is 5.49. The largest absolute Gasteiger partial charge is 0.394 e. The maximum absolute atomic E-state index is 12.3. The van der Waals surface area contributed by atoms with Gasteiger partial charge in [-0.2, -0.15) is 0 Å². The second-order valence-electron chi connectivity index (χ2n) is 3.89. The lowest BCUT2D eigenvalue weighted by Crippen LogP contribution is -2.50. The number of hydrogen-bond acceptors (Lipinski definition) is 3. The quantitative estimate of drug-likeness (QED) is 0.863. The number of hydrogen-bond donors (Lipinski definition) is 1. The van der Waals surface area contributed by atoms with E-state index in [1.165, 1.54) is 0 Å². The number of carbonyl (C=O) groups excluding carboxylic acids is 1. The minimum absolute atomic E-state index is 0.101. The minimum atomic E-state index is -0.285. The lowest BCUT2D eigenvalue weighted by Gasteiger charge is -2.34. The summed E-state index contributed by atoms with van der Waals surface area (Å²) in [6.45, 7) is 1.24. The third-order valence-corrected chi connectivity index (χ3v) is 3.13. The van der Waals surface area contributed by atoms with Crippen molar-refractivity contribution in [3.63, 3.8) is 0 Å². The molecule has 1 saturated heterocycles. The Bertz CT molecular complexity index is 410. The number of aliphatic hydroxyl groups is 1. The Labute approximate surface area is 105 Å². The van der Waals surface area contributed by atoms with Gasteiger partial charge in [0.25, 0.3) is 5.91 Å². The van der Waals surface area contributed by atoms with Crippen LogP contribution in [0.1, 0.15) is 10.4 Å². The molecule has 0 bridgehead atoms. The number of aliphatic hydroxyl groups excluding tert-OH is 1. The maximum atomic E-state index is 12.3. The van der Waals surface area contributed by atoms with E-state index < -0.39 is 0 Å². The molecule has 0 spiro atoms. The van der Waals surface area contributed by atoms with Crippen molar-refractivity contribution in [1.82, 2.24) is 4.90 Å². The smallest absolute Gasteiger partial charge is 0.255 e. The van der Waals surface area contributed by atoms with Crippen LogP contribution in [0, 0.1) is 0 Å². The highest BCUT2D eigenvalue weighted by Crippen LogP contribution is 2.19. The van der Waals surface area contributed by atoms with E-state index in [0.29, 0.717) is 30.3 Å². The fourth-order valence-corrected chi connectivity index (χ4v) is 2.08. The van der Waals surface area contributed by atoms with Gasteiger partial charge < -0.3 is 14.7 Å².